The van der Waals surface area contributed by atoms with Gasteiger partial charge in [-0.15, -0.1) is 0 Å². The summed E-state index contributed by atoms with van der Waals surface area (Å²) >= 11 is 0. The highest BCUT2D eigenvalue weighted by atomic mass is 16.5. The van der Waals surface area contributed by atoms with Gasteiger partial charge in [-0.1, -0.05) is 57.4 Å². The topological polar surface area (TPSA) is 88.5 Å². The van der Waals surface area contributed by atoms with Crippen molar-refractivity contribution < 1.29 is 28.9 Å². The van der Waals surface area contributed by atoms with Crippen LogP contribution < -0.4 is 9.47 Å². The first-order valence-corrected chi connectivity index (χ1v) is 14.6. The van der Waals surface area contributed by atoms with E-state index < -0.39 is 17.7 Å². The molecular formula is C32H42N2O6. The molecule has 0 spiro atoms. The van der Waals surface area contributed by atoms with E-state index in [1.165, 1.54) is 0 Å². The van der Waals surface area contributed by atoms with Crippen LogP contribution in [-0.2, 0) is 14.3 Å². The predicted molar refractivity (Wildman–Crippen MR) is 155 cm³/mol. The van der Waals surface area contributed by atoms with E-state index >= 15 is 0 Å². The molecule has 216 valence electrons. The number of hydrogen-bond donors (Lipinski definition) is 1. The Morgan fingerprint density at radius 1 is 0.900 bits per heavy atom. The Kier molecular flexibility index (Phi) is 11.0. The molecule has 2 heterocycles. The Labute approximate surface area is 237 Å². The molecule has 0 aromatic heterocycles. The van der Waals surface area contributed by atoms with Crippen molar-refractivity contribution in [3.05, 3.63) is 65.2 Å². The number of aliphatic hydroxyl groups excluding tert-OH is 1. The average molecular weight is 551 g/mol. The number of rotatable bonds is 14. The first kappa shape index (κ1) is 29.6. The zero-order chi connectivity index (χ0) is 28.3. The lowest BCUT2D eigenvalue weighted by Gasteiger charge is -2.31. The number of benzene rings is 2. The fourth-order valence-corrected chi connectivity index (χ4v) is 5.04. The maximum absolute atomic E-state index is 13.4. The van der Waals surface area contributed by atoms with Crippen molar-refractivity contribution in [2.24, 2.45) is 0 Å². The quantitative estimate of drug-likeness (QED) is 0.150. The number of likely N-dealkylation sites (tertiary alicyclic amines) is 1. The Morgan fingerprint density at radius 3 is 2.33 bits per heavy atom. The van der Waals surface area contributed by atoms with Gasteiger partial charge < -0.3 is 24.2 Å². The van der Waals surface area contributed by atoms with Crippen molar-refractivity contribution >= 4 is 17.4 Å². The Hall–Kier alpha value is -3.36. The van der Waals surface area contributed by atoms with Gasteiger partial charge in [-0.05, 0) is 42.7 Å². The smallest absolute Gasteiger partial charge is 0.295 e. The van der Waals surface area contributed by atoms with Crippen molar-refractivity contribution in [1.82, 2.24) is 9.80 Å². The highest BCUT2D eigenvalue weighted by Gasteiger charge is 2.46. The van der Waals surface area contributed by atoms with Crippen molar-refractivity contribution in [3.63, 3.8) is 0 Å². The van der Waals surface area contributed by atoms with E-state index in [2.05, 4.69) is 18.7 Å². The summed E-state index contributed by atoms with van der Waals surface area (Å²) in [4.78, 5) is 30.6. The molecular weight excluding hydrogens is 508 g/mol. The minimum atomic E-state index is -0.708. The molecule has 2 aliphatic heterocycles. The number of nitrogens with zero attached hydrogens (tertiary/aromatic N) is 2. The van der Waals surface area contributed by atoms with Crippen molar-refractivity contribution in [1.29, 1.82) is 0 Å². The van der Waals surface area contributed by atoms with Crippen LogP contribution >= 0.6 is 0 Å². The lowest BCUT2D eigenvalue weighted by molar-refractivity contribution is -0.140. The van der Waals surface area contributed by atoms with E-state index in [1.807, 2.05) is 30.3 Å². The maximum Gasteiger partial charge on any atom is 0.295 e. The third-order valence-corrected chi connectivity index (χ3v) is 7.39. The summed E-state index contributed by atoms with van der Waals surface area (Å²) in [5.74, 6) is -0.128. The Balaban J connectivity index is 1.64. The molecule has 2 aromatic rings. The highest BCUT2D eigenvalue weighted by Crippen LogP contribution is 2.40. The van der Waals surface area contributed by atoms with Crippen LogP contribution in [0.5, 0.6) is 11.5 Å². The standard InChI is InChI=1S/C32H42N2O6/c1-3-5-7-20-39-26-13-11-24(12-14-26)29-28(30(35)25-9-8-10-27(23-25)40-19-6-4-2)31(36)32(37)34(29)16-15-33-17-21-38-22-18-33/h8-14,23,29,35H,3-7,15-22H2,1-2H3. The van der Waals surface area contributed by atoms with Crippen LogP contribution in [0.1, 0.15) is 63.1 Å². The molecule has 0 radical (unpaired) electrons. The summed E-state index contributed by atoms with van der Waals surface area (Å²) in [6.45, 7) is 9.30. The highest BCUT2D eigenvalue weighted by molar-refractivity contribution is 6.46. The molecule has 1 unspecified atom stereocenters. The summed E-state index contributed by atoms with van der Waals surface area (Å²) in [6, 6.07) is 13.8. The lowest BCUT2D eigenvalue weighted by atomic mass is 9.95. The van der Waals surface area contributed by atoms with Gasteiger partial charge in [0.25, 0.3) is 11.7 Å². The fourth-order valence-electron chi connectivity index (χ4n) is 5.04. The molecule has 40 heavy (non-hydrogen) atoms. The molecule has 0 aliphatic carbocycles. The summed E-state index contributed by atoms with van der Waals surface area (Å²) in [5.41, 5.74) is 1.29. The van der Waals surface area contributed by atoms with Crippen molar-refractivity contribution in [2.75, 3.05) is 52.6 Å². The van der Waals surface area contributed by atoms with Crippen LogP contribution in [0.25, 0.3) is 5.76 Å². The summed E-state index contributed by atoms with van der Waals surface area (Å²) in [5, 5.41) is 11.5. The van der Waals surface area contributed by atoms with E-state index in [-0.39, 0.29) is 11.3 Å². The molecule has 2 aliphatic rings. The molecule has 0 saturated carbocycles. The molecule has 1 amide bonds. The number of amides is 1. The first-order chi connectivity index (χ1) is 19.5. The molecule has 2 aromatic carbocycles. The van der Waals surface area contributed by atoms with Crippen LogP contribution in [0.4, 0.5) is 0 Å². The minimum Gasteiger partial charge on any atom is -0.507 e. The van der Waals surface area contributed by atoms with Gasteiger partial charge in [0.1, 0.15) is 17.3 Å². The molecule has 8 nitrogen and oxygen atoms in total. The lowest BCUT2D eigenvalue weighted by Crippen LogP contribution is -2.42. The number of hydrogen-bond acceptors (Lipinski definition) is 7. The van der Waals surface area contributed by atoms with E-state index in [0.717, 1.165) is 56.5 Å². The predicted octanol–water partition coefficient (Wildman–Crippen LogP) is 5.19. The van der Waals surface area contributed by atoms with Gasteiger partial charge in [-0.3, -0.25) is 14.5 Å². The second-order valence-corrected chi connectivity index (χ2v) is 10.3. The van der Waals surface area contributed by atoms with E-state index in [9.17, 15) is 14.7 Å². The summed E-state index contributed by atoms with van der Waals surface area (Å²) in [6.07, 6.45) is 5.15. The van der Waals surface area contributed by atoms with Crippen LogP contribution in [0.2, 0.25) is 0 Å². The molecule has 4 rings (SSSR count). The summed E-state index contributed by atoms with van der Waals surface area (Å²) in [7, 11) is 0. The minimum absolute atomic E-state index is 0.0919. The molecule has 2 fully saturated rings. The first-order valence-electron chi connectivity index (χ1n) is 14.6. The largest absolute Gasteiger partial charge is 0.507 e. The molecule has 1 atom stereocenters. The normalized spacial score (nSPS) is 19.2. The zero-order valence-corrected chi connectivity index (χ0v) is 23.8. The van der Waals surface area contributed by atoms with Gasteiger partial charge in [0.05, 0.1) is 38.0 Å². The number of carbonyl (C=O) groups excluding carboxylic acids is 2. The van der Waals surface area contributed by atoms with Gasteiger partial charge in [0.15, 0.2) is 0 Å². The Bertz CT molecular complexity index is 1160. The van der Waals surface area contributed by atoms with Crippen LogP contribution in [0, 0.1) is 0 Å². The third-order valence-electron chi connectivity index (χ3n) is 7.39. The second kappa shape index (κ2) is 14.9. The number of unbranched alkanes of at least 4 members (excludes halogenated alkanes) is 3. The van der Waals surface area contributed by atoms with E-state index in [1.54, 1.807) is 23.1 Å². The molecule has 0 bridgehead atoms. The monoisotopic (exact) mass is 550 g/mol. The average Bonchev–Trinajstić information content (AvgIpc) is 3.24. The van der Waals surface area contributed by atoms with Crippen LogP contribution in [0.3, 0.4) is 0 Å². The van der Waals surface area contributed by atoms with Gasteiger partial charge in [0, 0.05) is 31.7 Å². The van der Waals surface area contributed by atoms with Crippen LogP contribution in [-0.4, -0.2) is 79.2 Å². The van der Waals surface area contributed by atoms with Gasteiger partial charge in [-0.2, -0.15) is 0 Å². The molecule has 2 saturated heterocycles. The third kappa shape index (κ3) is 7.43. The number of morpholine rings is 1. The SMILES string of the molecule is CCCCCOc1ccc(C2C(=C(O)c3cccc(OCCCC)c3)C(=O)C(=O)N2CCN2CCOCC2)cc1. The molecule has 1 N–H and O–H groups in total. The van der Waals surface area contributed by atoms with Crippen molar-refractivity contribution in [2.45, 2.75) is 52.0 Å². The van der Waals surface area contributed by atoms with Crippen molar-refractivity contribution in [3.8, 4) is 11.5 Å². The van der Waals surface area contributed by atoms with Crippen LogP contribution in [0.15, 0.2) is 54.1 Å². The second-order valence-electron chi connectivity index (χ2n) is 10.3. The Morgan fingerprint density at radius 2 is 1.60 bits per heavy atom. The maximum atomic E-state index is 13.4. The molecule has 8 heteroatoms. The van der Waals surface area contributed by atoms with E-state index in [0.29, 0.717) is 50.8 Å². The number of carbonyl (C=O) groups is 2. The van der Waals surface area contributed by atoms with Gasteiger partial charge >= 0.3 is 0 Å². The van der Waals surface area contributed by atoms with Gasteiger partial charge in [-0.25, -0.2) is 0 Å². The number of ether oxygens (including phenoxy) is 3. The summed E-state index contributed by atoms with van der Waals surface area (Å²) < 4.78 is 17.2. The number of ketones is 1. The zero-order valence-electron chi connectivity index (χ0n) is 23.8. The van der Waals surface area contributed by atoms with Gasteiger partial charge in [0.2, 0.25) is 0 Å². The fraction of sp³-hybridized carbons (Fsp3) is 0.500. The number of Topliss-reactive ketones (excluding diaryl/α,β-unsaturated/α-hetero) is 1. The van der Waals surface area contributed by atoms with E-state index in [4.69, 9.17) is 14.2 Å². The number of aliphatic hydroxyl groups is 1.